The van der Waals surface area contributed by atoms with Crippen molar-refractivity contribution in [1.29, 1.82) is 0 Å². The molecule has 0 atom stereocenters. The molecule has 0 N–H and O–H groups in total. The first kappa shape index (κ1) is 37.7. The maximum atomic E-state index is 14.0. The zero-order chi connectivity index (χ0) is 36.5. The fourth-order valence-electron chi connectivity index (χ4n) is 6.82. The number of unbranched alkanes of at least 4 members (excludes halogenated alkanes) is 2. The van der Waals surface area contributed by atoms with Crippen LogP contribution in [0.5, 0.6) is 28.7 Å². The fraction of sp³-hybridized carbons (Fsp3) is 0.525. The van der Waals surface area contributed by atoms with Gasteiger partial charge in [-0.3, -0.25) is 9.80 Å². The fourth-order valence-corrected chi connectivity index (χ4v) is 6.82. The Morgan fingerprint density at radius 1 is 0.673 bits per heavy atom. The number of likely N-dealkylation sites (tertiary alicyclic amines) is 2. The molecule has 1 aromatic heterocycles. The highest BCUT2D eigenvalue weighted by Crippen LogP contribution is 2.41. The van der Waals surface area contributed by atoms with E-state index in [9.17, 15) is 17.6 Å². The molecule has 8 nitrogen and oxygen atoms in total. The standard InChI is InChI=1S/C40H50F4N4O4/c1-3-5-19-48-35-26-31(49-23-20-46-15-7-8-16-46)28-37(51-24-21-47-17-9-10-18-47)38(35)45-39(48)32-13-11-30(27-36(32)50-22-6-4-2)52-29-12-14-34(41)33(25-29)40(42,43)44/h11-14,25-28H,3-10,15-24H2,1-2H3. The summed E-state index contributed by atoms with van der Waals surface area (Å²) in [5, 5.41) is 0. The van der Waals surface area contributed by atoms with Crippen molar-refractivity contribution in [2.45, 2.75) is 77.9 Å². The molecule has 52 heavy (non-hydrogen) atoms. The van der Waals surface area contributed by atoms with E-state index < -0.39 is 17.6 Å². The molecule has 0 radical (unpaired) electrons. The molecule has 3 aromatic carbocycles. The summed E-state index contributed by atoms with van der Waals surface area (Å²) in [6, 6.07) is 11.7. The second-order valence-electron chi connectivity index (χ2n) is 13.6. The van der Waals surface area contributed by atoms with E-state index in [-0.39, 0.29) is 11.5 Å². The zero-order valence-corrected chi connectivity index (χ0v) is 30.3. The molecule has 0 spiro atoms. The van der Waals surface area contributed by atoms with Crippen molar-refractivity contribution in [3.05, 3.63) is 59.9 Å². The quantitative estimate of drug-likeness (QED) is 0.0748. The number of halogens is 4. The Morgan fingerprint density at radius 3 is 1.96 bits per heavy atom. The second-order valence-corrected chi connectivity index (χ2v) is 13.6. The summed E-state index contributed by atoms with van der Waals surface area (Å²) < 4.78 is 81.4. The maximum Gasteiger partial charge on any atom is 0.419 e. The van der Waals surface area contributed by atoms with Crippen LogP contribution in [-0.2, 0) is 12.7 Å². The van der Waals surface area contributed by atoms with Crippen LogP contribution in [0.2, 0.25) is 0 Å². The molecule has 0 bridgehead atoms. The highest BCUT2D eigenvalue weighted by molar-refractivity contribution is 5.88. The van der Waals surface area contributed by atoms with Gasteiger partial charge in [-0.2, -0.15) is 13.2 Å². The summed E-state index contributed by atoms with van der Waals surface area (Å²) in [4.78, 5) is 10.0. The van der Waals surface area contributed by atoms with E-state index >= 15 is 0 Å². The number of fused-ring (bicyclic) bond motifs is 1. The van der Waals surface area contributed by atoms with Gasteiger partial charge in [-0.15, -0.1) is 0 Å². The first-order valence-electron chi connectivity index (χ1n) is 18.8. The van der Waals surface area contributed by atoms with Crippen LogP contribution in [-0.4, -0.2) is 78.4 Å². The number of alkyl halides is 3. The molecule has 2 saturated heterocycles. The molecule has 3 heterocycles. The van der Waals surface area contributed by atoms with Gasteiger partial charge >= 0.3 is 6.18 Å². The average molecular weight is 727 g/mol. The molecule has 0 aliphatic carbocycles. The van der Waals surface area contributed by atoms with E-state index in [4.69, 9.17) is 23.9 Å². The van der Waals surface area contributed by atoms with Crippen molar-refractivity contribution < 1.29 is 36.5 Å². The van der Waals surface area contributed by atoms with Gasteiger partial charge < -0.3 is 23.5 Å². The van der Waals surface area contributed by atoms with Gasteiger partial charge in [0.25, 0.3) is 0 Å². The van der Waals surface area contributed by atoms with E-state index in [1.54, 1.807) is 12.1 Å². The summed E-state index contributed by atoms with van der Waals surface area (Å²) in [6.07, 6.45) is 3.60. The van der Waals surface area contributed by atoms with Gasteiger partial charge in [0.05, 0.1) is 23.3 Å². The zero-order valence-electron chi connectivity index (χ0n) is 30.3. The van der Waals surface area contributed by atoms with Gasteiger partial charge in [0.2, 0.25) is 0 Å². The SMILES string of the molecule is CCCCOc1cc(Oc2ccc(F)c(C(F)(F)F)c2)ccc1-c1nc2c(OCCN3CCCC3)cc(OCCN3CCCC3)cc2n1CCCC. The van der Waals surface area contributed by atoms with E-state index in [2.05, 4.69) is 28.2 Å². The third kappa shape index (κ3) is 9.49. The largest absolute Gasteiger partial charge is 0.493 e. The predicted octanol–water partition coefficient (Wildman–Crippen LogP) is 9.58. The van der Waals surface area contributed by atoms with Gasteiger partial charge in [-0.05, 0) is 95.0 Å². The Hall–Kier alpha value is -4.03. The monoisotopic (exact) mass is 726 g/mol. The predicted molar refractivity (Wildman–Crippen MR) is 194 cm³/mol. The van der Waals surface area contributed by atoms with E-state index in [1.165, 1.54) is 31.7 Å². The number of rotatable bonds is 18. The van der Waals surface area contributed by atoms with Crippen LogP contribution in [0.15, 0.2) is 48.5 Å². The van der Waals surface area contributed by atoms with Crippen LogP contribution >= 0.6 is 0 Å². The lowest BCUT2D eigenvalue weighted by atomic mass is 10.1. The van der Waals surface area contributed by atoms with E-state index in [0.29, 0.717) is 55.3 Å². The molecular formula is C40H50F4N4O4. The Labute approximate surface area is 303 Å². The molecule has 2 aliphatic rings. The molecule has 0 saturated carbocycles. The Kier molecular flexibility index (Phi) is 12.8. The molecule has 282 valence electrons. The first-order chi connectivity index (χ1) is 25.2. The van der Waals surface area contributed by atoms with Crippen molar-refractivity contribution in [1.82, 2.24) is 19.4 Å². The molecule has 2 aliphatic heterocycles. The number of imidazole rings is 1. The minimum Gasteiger partial charge on any atom is -0.493 e. The number of hydrogen-bond acceptors (Lipinski definition) is 7. The molecule has 4 aromatic rings. The lowest BCUT2D eigenvalue weighted by molar-refractivity contribution is -0.140. The van der Waals surface area contributed by atoms with Crippen molar-refractivity contribution in [3.63, 3.8) is 0 Å². The summed E-state index contributed by atoms with van der Waals surface area (Å²) in [5.74, 6) is 1.32. The highest BCUT2D eigenvalue weighted by Gasteiger charge is 2.34. The van der Waals surface area contributed by atoms with Crippen molar-refractivity contribution in [2.24, 2.45) is 0 Å². The van der Waals surface area contributed by atoms with Gasteiger partial charge in [0, 0.05) is 37.8 Å². The van der Waals surface area contributed by atoms with Crippen LogP contribution in [0, 0.1) is 5.82 Å². The Bertz CT molecular complexity index is 1770. The molecular weight excluding hydrogens is 676 g/mol. The molecule has 2 fully saturated rings. The van der Waals surface area contributed by atoms with Crippen molar-refractivity contribution >= 4 is 11.0 Å². The molecule has 0 amide bonds. The third-order valence-electron chi connectivity index (χ3n) is 9.69. The first-order valence-corrected chi connectivity index (χ1v) is 18.8. The molecule has 12 heteroatoms. The van der Waals surface area contributed by atoms with Crippen LogP contribution in [0.1, 0.15) is 70.8 Å². The summed E-state index contributed by atoms with van der Waals surface area (Å²) in [7, 11) is 0. The second kappa shape index (κ2) is 17.7. The van der Waals surface area contributed by atoms with Gasteiger partial charge in [-0.1, -0.05) is 26.7 Å². The van der Waals surface area contributed by atoms with E-state index in [1.807, 2.05) is 18.2 Å². The third-order valence-corrected chi connectivity index (χ3v) is 9.69. The molecule has 0 unspecified atom stereocenters. The average Bonchev–Trinajstić information content (AvgIpc) is 3.91. The topological polar surface area (TPSA) is 61.2 Å². The summed E-state index contributed by atoms with van der Waals surface area (Å²) in [5.41, 5.74) is 0.947. The molecule has 6 rings (SSSR count). The Morgan fingerprint density at radius 2 is 1.29 bits per heavy atom. The van der Waals surface area contributed by atoms with Gasteiger partial charge in [0.15, 0.2) is 5.75 Å². The number of benzene rings is 3. The minimum atomic E-state index is -4.85. The lowest BCUT2D eigenvalue weighted by Gasteiger charge is -2.17. The van der Waals surface area contributed by atoms with Crippen LogP contribution in [0.4, 0.5) is 17.6 Å². The number of aromatic nitrogens is 2. The summed E-state index contributed by atoms with van der Waals surface area (Å²) in [6.45, 7) is 12.5. The van der Waals surface area contributed by atoms with Crippen LogP contribution < -0.4 is 18.9 Å². The number of aryl methyl sites for hydroxylation is 1. The Balaban J connectivity index is 1.37. The number of hydrogen-bond donors (Lipinski definition) is 0. The lowest BCUT2D eigenvalue weighted by Crippen LogP contribution is -2.25. The van der Waals surface area contributed by atoms with Gasteiger partial charge in [0.1, 0.15) is 53.4 Å². The van der Waals surface area contributed by atoms with Crippen molar-refractivity contribution in [2.75, 3.05) is 59.1 Å². The highest BCUT2D eigenvalue weighted by atomic mass is 19.4. The van der Waals surface area contributed by atoms with E-state index in [0.717, 1.165) is 87.8 Å². The van der Waals surface area contributed by atoms with Gasteiger partial charge in [-0.25, -0.2) is 9.37 Å². The minimum absolute atomic E-state index is 0.135. The smallest absolute Gasteiger partial charge is 0.419 e. The maximum absolute atomic E-state index is 14.0. The van der Waals surface area contributed by atoms with Crippen LogP contribution in [0.3, 0.4) is 0 Å². The van der Waals surface area contributed by atoms with Crippen LogP contribution in [0.25, 0.3) is 22.4 Å². The normalized spacial score (nSPS) is 15.5. The number of nitrogens with zero attached hydrogens (tertiary/aromatic N) is 4. The summed E-state index contributed by atoms with van der Waals surface area (Å²) >= 11 is 0. The number of ether oxygens (including phenoxy) is 4. The van der Waals surface area contributed by atoms with Crippen molar-refractivity contribution in [3.8, 4) is 40.1 Å².